The minimum Gasteiger partial charge on any atom is -0.423 e. The first-order valence-corrected chi connectivity index (χ1v) is 6.90. The topological polar surface area (TPSA) is 26.3 Å². The highest BCUT2D eigenvalue weighted by Crippen LogP contribution is 2.38. The average Bonchev–Trinajstić information content (AvgIpc) is 3.10. The fraction of sp³-hybridized carbons (Fsp3) is 0.167. The molecule has 2 aliphatic rings. The Kier molecular flexibility index (Phi) is 2.49. The van der Waals surface area contributed by atoms with Gasteiger partial charge in [0.25, 0.3) is 0 Å². The van der Waals surface area contributed by atoms with Crippen LogP contribution in [0.3, 0.4) is 0 Å². The fourth-order valence-corrected chi connectivity index (χ4v) is 3.05. The predicted octanol–water partition coefficient (Wildman–Crippen LogP) is 3.88. The molecule has 2 aromatic rings. The zero-order valence-electron chi connectivity index (χ0n) is 11.0. The monoisotopic (exact) mass is 262 g/mol. The van der Waals surface area contributed by atoms with Crippen molar-refractivity contribution in [1.82, 2.24) is 0 Å². The van der Waals surface area contributed by atoms with Crippen LogP contribution in [0.2, 0.25) is 0 Å². The smallest absolute Gasteiger partial charge is 0.339 e. The van der Waals surface area contributed by atoms with Crippen LogP contribution in [-0.2, 0) is 4.79 Å². The largest absolute Gasteiger partial charge is 0.423 e. The molecule has 2 nitrogen and oxygen atoms in total. The number of esters is 1. The van der Waals surface area contributed by atoms with Gasteiger partial charge in [-0.05, 0) is 35.2 Å². The number of fused-ring (bicyclic) bond motifs is 3. The van der Waals surface area contributed by atoms with Gasteiger partial charge >= 0.3 is 5.97 Å². The molecule has 0 saturated carbocycles. The molecule has 2 aliphatic carbocycles. The third-order valence-electron chi connectivity index (χ3n) is 4.08. The molecule has 0 saturated heterocycles. The Bertz CT molecular complexity index is 755. The first kappa shape index (κ1) is 11.5. The van der Waals surface area contributed by atoms with Crippen molar-refractivity contribution in [1.29, 1.82) is 0 Å². The highest BCUT2D eigenvalue weighted by Gasteiger charge is 2.32. The lowest BCUT2D eigenvalue weighted by Gasteiger charge is -2.10. The van der Waals surface area contributed by atoms with E-state index in [1.807, 2.05) is 48.5 Å². The van der Waals surface area contributed by atoms with Gasteiger partial charge in [-0.2, -0.15) is 0 Å². The maximum atomic E-state index is 12.2. The number of allylic oxidation sites excluding steroid dienone is 3. The van der Waals surface area contributed by atoms with Crippen molar-refractivity contribution in [2.75, 3.05) is 0 Å². The Hall–Kier alpha value is -2.35. The zero-order valence-corrected chi connectivity index (χ0v) is 11.0. The summed E-state index contributed by atoms with van der Waals surface area (Å²) in [4.78, 5) is 12.2. The molecular formula is C18H14O2. The van der Waals surface area contributed by atoms with Crippen LogP contribution in [0.25, 0.3) is 10.8 Å². The molecule has 0 aliphatic heterocycles. The molecule has 0 N–H and O–H groups in total. The number of carbonyl (C=O) groups excluding carboxylic acids is 1. The van der Waals surface area contributed by atoms with Crippen molar-refractivity contribution in [2.24, 2.45) is 11.8 Å². The van der Waals surface area contributed by atoms with Crippen LogP contribution in [0.15, 0.2) is 66.3 Å². The van der Waals surface area contributed by atoms with E-state index in [9.17, 15) is 4.79 Å². The lowest BCUT2D eigenvalue weighted by atomic mass is 10.0. The number of hydrogen-bond donors (Lipinski definition) is 0. The van der Waals surface area contributed by atoms with Gasteiger partial charge in [0, 0.05) is 11.5 Å². The first-order valence-electron chi connectivity index (χ1n) is 6.90. The summed E-state index contributed by atoms with van der Waals surface area (Å²) in [5, 5.41) is 2.23. The standard InChI is InChI=1S/C18H14O2/c19-18(17-10-12-5-6-15(17)9-12)20-16-8-7-13-3-1-2-4-14(13)11-16/h1-8,10-12,15H,9H2. The van der Waals surface area contributed by atoms with E-state index < -0.39 is 0 Å². The maximum Gasteiger partial charge on any atom is 0.339 e. The van der Waals surface area contributed by atoms with Gasteiger partial charge in [0.1, 0.15) is 5.75 Å². The third kappa shape index (κ3) is 1.85. The molecule has 2 atom stereocenters. The fourth-order valence-electron chi connectivity index (χ4n) is 3.05. The number of ether oxygens (including phenoxy) is 1. The van der Waals surface area contributed by atoms with Gasteiger partial charge in [0.2, 0.25) is 0 Å². The first-order chi connectivity index (χ1) is 9.79. The van der Waals surface area contributed by atoms with Gasteiger partial charge in [0.15, 0.2) is 0 Å². The van der Waals surface area contributed by atoms with E-state index in [2.05, 4.69) is 12.2 Å². The second-order valence-corrected chi connectivity index (χ2v) is 5.41. The second kappa shape index (κ2) is 4.34. The molecule has 2 unspecified atom stereocenters. The molecule has 0 heterocycles. The Balaban J connectivity index is 1.58. The minimum absolute atomic E-state index is 0.211. The molecule has 20 heavy (non-hydrogen) atoms. The summed E-state index contributed by atoms with van der Waals surface area (Å²) in [6.45, 7) is 0. The van der Waals surface area contributed by atoms with Crippen LogP contribution in [0.4, 0.5) is 0 Å². The minimum atomic E-state index is -0.211. The average molecular weight is 262 g/mol. The summed E-state index contributed by atoms with van der Waals surface area (Å²) in [6.07, 6.45) is 7.34. The summed E-state index contributed by atoms with van der Waals surface area (Å²) in [5.74, 6) is 1.09. The Labute approximate surface area is 117 Å². The van der Waals surface area contributed by atoms with Crippen molar-refractivity contribution in [3.8, 4) is 5.75 Å². The number of hydrogen-bond acceptors (Lipinski definition) is 2. The van der Waals surface area contributed by atoms with Crippen LogP contribution in [0, 0.1) is 11.8 Å². The molecule has 98 valence electrons. The summed E-state index contributed by atoms with van der Waals surface area (Å²) in [6, 6.07) is 13.8. The van der Waals surface area contributed by atoms with E-state index in [1.54, 1.807) is 0 Å². The van der Waals surface area contributed by atoms with Crippen LogP contribution in [0.1, 0.15) is 6.42 Å². The van der Waals surface area contributed by atoms with Gasteiger partial charge in [-0.25, -0.2) is 4.79 Å². The van der Waals surface area contributed by atoms with E-state index in [0.717, 1.165) is 22.8 Å². The molecule has 0 amide bonds. The molecule has 0 spiro atoms. The van der Waals surface area contributed by atoms with Gasteiger partial charge in [-0.15, -0.1) is 0 Å². The van der Waals surface area contributed by atoms with E-state index in [-0.39, 0.29) is 11.9 Å². The zero-order chi connectivity index (χ0) is 13.5. The Morgan fingerprint density at radius 1 is 1.05 bits per heavy atom. The Morgan fingerprint density at radius 3 is 2.65 bits per heavy atom. The van der Waals surface area contributed by atoms with Crippen molar-refractivity contribution < 1.29 is 9.53 Å². The van der Waals surface area contributed by atoms with Crippen molar-refractivity contribution in [3.05, 3.63) is 66.3 Å². The molecule has 2 heteroatoms. The van der Waals surface area contributed by atoms with Crippen LogP contribution >= 0.6 is 0 Å². The Morgan fingerprint density at radius 2 is 1.90 bits per heavy atom. The van der Waals surface area contributed by atoms with Gasteiger partial charge < -0.3 is 4.74 Å². The molecule has 2 bridgehead atoms. The van der Waals surface area contributed by atoms with Crippen molar-refractivity contribution >= 4 is 16.7 Å². The van der Waals surface area contributed by atoms with Crippen LogP contribution < -0.4 is 4.74 Å². The van der Waals surface area contributed by atoms with E-state index in [1.165, 1.54) is 0 Å². The number of rotatable bonds is 2. The van der Waals surface area contributed by atoms with E-state index in [0.29, 0.717) is 11.7 Å². The molecule has 0 radical (unpaired) electrons. The second-order valence-electron chi connectivity index (χ2n) is 5.41. The van der Waals surface area contributed by atoms with Crippen molar-refractivity contribution in [2.45, 2.75) is 6.42 Å². The maximum absolute atomic E-state index is 12.2. The summed E-state index contributed by atoms with van der Waals surface area (Å²) >= 11 is 0. The molecule has 0 aromatic heterocycles. The lowest BCUT2D eigenvalue weighted by molar-refractivity contribution is -0.130. The molecule has 0 fully saturated rings. The van der Waals surface area contributed by atoms with E-state index >= 15 is 0 Å². The predicted molar refractivity (Wildman–Crippen MR) is 78.4 cm³/mol. The van der Waals surface area contributed by atoms with Gasteiger partial charge in [-0.3, -0.25) is 0 Å². The normalized spacial score (nSPS) is 23.1. The third-order valence-corrected chi connectivity index (χ3v) is 4.08. The van der Waals surface area contributed by atoms with Crippen LogP contribution in [0.5, 0.6) is 5.75 Å². The highest BCUT2D eigenvalue weighted by molar-refractivity contribution is 5.93. The van der Waals surface area contributed by atoms with E-state index in [4.69, 9.17) is 4.74 Å². The number of carbonyl (C=O) groups is 1. The van der Waals surface area contributed by atoms with Gasteiger partial charge in [0.05, 0.1) is 0 Å². The summed E-state index contributed by atoms with van der Waals surface area (Å²) in [5.41, 5.74) is 0.811. The SMILES string of the molecule is O=C(Oc1ccc2ccccc2c1)C1=CC2C=CC1C2. The molecule has 2 aromatic carbocycles. The molecular weight excluding hydrogens is 248 g/mol. The van der Waals surface area contributed by atoms with Crippen molar-refractivity contribution in [3.63, 3.8) is 0 Å². The highest BCUT2D eigenvalue weighted by atomic mass is 16.5. The summed E-state index contributed by atoms with van der Waals surface area (Å²) < 4.78 is 5.52. The lowest BCUT2D eigenvalue weighted by Crippen LogP contribution is -2.14. The number of benzene rings is 2. The van der Waals surface area contributed by atoms with Gasteiger partial charge in [-0.1, -0.05) is 48.6 Å². The quantitative estimate of drug-likeness (QED) is 0.466. The van der Waals surface area contributed by atoms with Crippen LogP contribution in [-0.4, -0.2) is 5.97 Å². The molecule has 4 rings (SSSR count). The summed E-state index contributed by atoms with van der Waals surface area (Å²) in [7, 11) is 0.